The van der Waals surface area contributed by atoms with Crippen LogP contribution in [0.4, 0.5) is 10.5 Å². The predicted molar refractivity (Wildman–Crippen MR) is 175 cm³/mol. The number of aliphatic hydroxyl groups is 1. The second-order valence-corrected chi connectivity index (χ2v) is 13.0. The van der Waals surface area contributed by atoms with Crippen LogP contribution in [0.15, 0.2) is 72.8 Å². The van der Waals surface area contributed by atoms with Crippen molar-refractivity contribution in [2.24, 2.45) is 5.92 Å². The van der Waals surface area contributed by atoms with Crippen LogP contribution < -0.4 is 9.64 Å². The Hall–Kier alpha value is -4.06. The Morgan fingerprint density at radius 3 is 2.47 bits per heavy atom. The van der Waals surface area contributed by atoms with Gasteiger partial charge in [0.1, 0.15) is 23.6 Å². The van der Waals surface area contributed by atoms with Gasteiger partial charge in [0, 0.05) is 56.9 Å². The van der Waals surface area contributed by atoms with Crippen molar-refractivity contribution in [1.29, 1.82) is 5.26 Å². The van der Waals surface area contributed by atoms with Crippen LogP contribution in [0, 0.1) is 17.2 Å². The molecule has 1 N–H and O–H groups in total. The van der Waals surface area contributed by atoms with Crippen molar-refractivity contribution in [3.63, 3.8) is 0 Å². The van der Waals surface area contributed by atoms with E-state index >= 15 is 0 Å². The number of hydrogen-bond acceptors (Lipinski definition) is 7. The second kappa shape index (κ2) is 14.4. The number of rotatable bonds is 11. The van der Waals surface area contributed by atoms with Crippen LogP contribution in [-0.4, -0.2) is 67.4 Å². The van der Waals surface area contributed by atoms with Crippen molar-refractivity contribution < 1.29 is 24.1 Å². The molecule has 8 heteroatoms. The molecule has 1 aliphatic carbocycles. The van der Waals surface area contributed by atoms with Gasteiger partial charge >= 0.3 is 6.09 Å². The molecular weight excluding hydrogens is 566 g/mol. The van der Waals surface area contributed by atoms with Crippen LogP contribution in [-0.2, 0) is 9.47 Å². The molecule has 1 amide bonds. The highest BCUT2D eigenvalue weighted by atomic mass is 16.6. The molecule has 8 nitrogen and oxygen atoms in total. The fraction of sp³-hybridized carbons (Fsp3) is 0.459. The van der Waals surface area contributed by atoms with E-state index in [9.17, 15) is 15.2 Å². The van der Waals surface area contributed by atoms with Gasteiger partial charge in [-0.3, -0.25) is 0 Å². The van der Waals surface area contributed by atoms with Crippen LogP contribution >= 0.6 is 0 Å². The maximum absolute atomic E-state index is 13.3. The summed E-state index contributed by atoms with van der Waals surface area (Å²) in [7, 11) is 1.65. The quantitative estimate of drug-likeness (QED) is 0.185. The Morgan fingerprint density at radius 2 is 1.78 bits per heavy atom. The Balaban J connectivity index is 1.48. The van der Waals surface area contributed by atoms with Gasteiger partial charge < -0.3 is 29.1 Å². The van der Waals surface area contributed by atoms with E-state index in [-0.39, 0.29) is 24.0 Å². The normalized spacial score (nSPS) is 19.0. The number of amides is 1. The third-order valence-corrected chi connectivity index (χ3v) is 8.47. The van der Waals surface area contributed by atoms with Gasteiger partial charge in [0.15, 0.2) is 0 Å². The summed E-state index contributed by atoms with van der Waals surface area (Å²) in [5.41, 5.74) is 4.04. The monoisotopic (exact) mass is 611 g/mol. The molecule has 1 saturated carbocycles. The highest BCUT2D eigenvalue weighted by Gasteiger charge is 2.44. The lowest BCUT2D eigenvalue weighted by Gasteiger charge is -2.45. The summed E-state index contributed by atoms with van der Waals surface area (Å²) >= 11 is 0. The highest BCUT2D eigenvalue weighted by molar-refractivity contribution is 5.69. The average molecular weight is 612 g/mol. The smallest absolute Gasteiger partial charge is 0.410 e. The zero-order chi connectivity index (χ0) is 32.0. The molecule has 238 valence electrons. The molecule has 0 radical (unpaired) electrons. The number of nitrogens with zero attached hydrogens (tertiary/aromatic N) is 3. The molecule has 0 aromatic heterocycles. The second-order valence-electron chi connectivity index (χ2n) is 13.0. The van der Waals surface area contributed by atoms with Crippen LogP contribution in [0.3, 0.4) is 0 Å². The molecule has 3 aromatic rings. The van der Waals surface area contributed by atoms with Gasteiger partial charge in [-0.25, -0.2) is 4.79 Å². The van der Waals surface area contributed by atoms with Crippen molar-refractivity contribution in [3.05, 3.63) is 83.9 Å². The third-order valence-electron chi connectivity index (χ3n) is 8.47. The Labute approximate surface area is 267 Å². The van der Waals surface area contributed by atoms with Gasteiger partial charge in [0.2, 0.25) is 0 Å². The molecule has 2 fully saturated rings. The van der Waals surface area contributed by atoms with E-state index in [1.165, 1.54) is 0 Å². The van der Waals surface area contributed by atoms with Gasteiger partial charge in [-0.05, 0) is 74.8 Å². The molecule has 3 atom stereocenters. The van der Waals surface area contributed by atoms with E-state index in [1.807, 2.05) is 51.1 Å². The number of piperidine rings is 1. The summed E-state index contributed by atoms with van der Waals surface area (Å²) in [5, 5.41) is 22.1. The summed E-state index contributed by atoms with van der Waals surface area (Å²) in [5.74, 6) is 0.210. The van der Waals surface area contributed by atoms with E-state index in [2.05, 4.69) is 47.4 Å². The molecule has 1 saturated heterocycles. The van der Waals surface area contributed by atoms with E-state index in [0.717, 1.165) is 35.2 Å². The largest absolute Gasteiger partial charge is 0.492 e. The van der Waals surface area contributed by atoms with Crippen molar-refractivity contribution in [2.75, 3.05) is 38.3 Å². The first-order valence-corrected chi connectivity index (χ1v) is 15.9. The minimum absolute atomic E-state index is 0.00625. The maximum Gasteiger partial charge on any atom is 0.410 e. The molecule has 1 heterocycles. The van der Waals surface area contributed by atoms with Gasteiger partial charge in [-0.1, -0.05) is 54.6 Å². The lowest BCUT2D eigenvalue weighted by Crippen LogP contribution is -2.53. The highest BCUT2D eigenvalue weighted by Crippen LogP contribution is 2.43. The van der Waals surface area contributed by atoms with Crippen molar-refractivity contribution in [1.82, 2.24) is 4.90 Å². The standard InChI is InChI=1S/C37H45N3O5/c1-37(2,3)45-36(42)39-19-18-32(28-13-8-12-27(22-28)26-10-6-5-7-11-26)33(25-39)35(41)40(30-16-17-30)31-15-14-29(24-38)34(23-31)44-21-9-20-43-4/h5-8,10-15,22-23,30,32-33,35,41H,9,16-21,25H2,1-4H3/t32-,33+,35?/m1/s1. The van der Waals surface area contributed by atoms with Gasteiger partial charge in [-0.15, -0.1) is 0 Å². The zero-order valence-electron chi connectivity index (χ0n) is 26.8. The fourth-order valence-electron chi connectivity index (χ4n) is 6.18. The lowest BCUT2D eigenvalue weighted by atomic mass is 9.78. The summed E-state index contributed by atoms with van der Waals surface area (Å²) in [6.07, 6.45) is 2.06. The van der Waals surface area contributed by atoms with Crippen LogP contribution in [0.1, 0.15) is 63.5 Å². The number of carbonyl (C=O) groups excluding carboxylic acids is 1. The number of methoxy groups -OCH3 is 1. The minimum Gasteiger partial charge on any atom is -0.492 e. The first-order valence-electron chi connectivity index (χ1n) is 15.9. The molecule has 0 spiro atoms. The number of likely N-dealkylation sites (tertiary alicyclic amines) is 1. The topological polar surface area (TPSA) is 95.3 Å². The number of aliphatic hydroxyl groups excluding tert-OH is 1. The number of hydrogen-bond donors (Lipinski definition) is 1. The van der Waals surface area contributed by atoms with E-state index < -0.39 is 11.8 Å². The lowest BCUT2D eigenvalue weighted by molar-refractivity contribution is -0.00354. The average Bonchev–Trinajstić information content (AvgIpc) is 3.88. The molecule has 3 aromatic carbocycles. The molecular formula is C37H45N3O5. The first kappa shape index (κ1) is 32.3. The Morgan fingerprint density at radius 1 is 1.02 bits per heavy atom. The van der Waals surface area contributed by atoms with Crippen molar-refractivity contribution >= 4 is 11.8 Å². The van der Waals surface area contributed by atoms with Gasteiger partial charge in [0.05, 0.1) is 12.2 Å². The Kier molecular flexibility index (Phi) is 10.3. The predicted octanol–water partition coefficient (Wildman–Crippen LogP) is 6.97. The van der Waals surface area contributed by atoms with Gasteiger partial charge in [-0.2, -0.15) is 5.26 Å². The van der Waals surface area contributed by atoms with E-state index in [0.29, 0.717) is 50.5 Å². The molecule has 2 aliphatic rings. The van der Waals surface area contributed by atoms with Crippen LogP contribution in [0.5, 0.6) is 5.75 Å². The number of nitriles is 1. The van der Waals surface area contributed by atoms with Crippen molar-refractivity contribution in [3.8, 4) is 22.9 Å². The summed E-state index contributed by atoms with van der Waals surface area (Å²) in [6, 6.07) is 26.7. The summed E-state index contributed by atoms with van der Waals surface area (Å²) in [6.45, 7) is 7.49. The molecule has 0 bridgehead atoms. The summed E-state index contributed by atoms with van der Waals surface area (Å²) < 4.78 is 16.9. The van der Waals surface area contributed by atoms with E-state index in [4.69, 9.17) is 14.2 Å². The van der Waals surface area contributed by atoms with E-state index in [1.54, 1.807) is 18.1 Å². The first-order chi connectivity index (χ1) is 21.7. The summed E-state index contributed by atoms with van der Waals surface area (Å²) in [4.78, 5) is 17.1. The number of benzene rings is 3. The van der Waals surface area contributed by atoms with Crippen LogP contribution in [0.25, 0.3) is 11.1 Å². The van der Waals surface area contributed by atoms with Gasteiger partial charge in [0.25, 0.3) is 0 Å². The SMILES string of the molecule is COCCCOc1cc(N(C2CC2)C(O)[C@H]2CN(C(=O)OC(C)(C)C)CC[C@@H]2c2cccc(-c3ccccc3)c2)ccc1C#N. The number of ether oxygens (including phenoxy) is 3. The Bertz CT molecular complexity index is 1480. The number of carbonyl (C=O) groups is 1. The molecule has 5 rings (SSSR count). The molecule has 1 aliphatic heterocycles. The fourth-order valence-corrected chi connectivity index (χ4v) is 6.18. The van der Waals surface area contributed by atoms with Crippen molar-refractivity contribution in [2.45, 2.75) is 70.2 Å². The molecule has 1 unspecified atom stereocenters. The zero-order valence-corrected chi connectivity index (χ0v) is 26.8. The third kappa shape index (κ3) is 8.16. The molecule has 45 heavy (non-hydrogen) atoms. The minimum atomic E-state index is -0.887. The van der Waals surface area contributed by atoms with Crippen LogP contribution in [0.2, 0.25) is 0 Å². The maximum atomic E-state index is 13.3. The number of anilines is 1.